The molecule has 0 aliphatic heterocycles. The van der Waals surface area contributed by atoms with E-state index in [4.69, 9.17) is 9.84 Å². The van der Waals surface area contributed by atoms with Crippen molar-refractivity contribution < 1.29 is 23.0 Å². The lowest BCUT2D eigenvalue weighted by Crippen LogP contribution is -2.39. The third-order valence-electron chi connectivity index (χ3n) is 3.62. The van der Waals surface area contributed by atoms with Crippen LogP contribution in [0.4, 0.5) is 13.2 Å². The summed E-state index contributed by atoms with van der Waals surface area (Å²) in [5.41, 5.74) is 0. The molecule has 1 N–H and O–H groups in total. The zero-order chi connectivity index (χ0) is 16.1. The van der Waals surface area contributed by atoms with Gasteiger partial charge in [0, 0.05) is 6.61 Å². The first-order valence-electron chi connectivity index (χ1n) is 8.25. The maximum Gasteiger partial charge on any atom is 0.387 e. The number of halogens is 3. The molecule has 2 unspecified atom stereocenters. The minimum Gasteiger partial charge on any atom is -0.375 e. The fourth-order valence-electron chi connectivity index (χ4n) is 2.23. The van der Waals surface area contributed by atoms with Gasteiger partial charge in [0.1, 0.15) is 0 Å². The first-order chi connectivity index (χ1) is 9.89. The number of rotatable bonds is 14. The average Bonchev–Trinajstić information content (AvgIpc) is 2.42. The van der Waals surface area contributed by atoms with Crippen molar-refractivity contribution in [2.45, 2.75) is 96.4 Å². The normalized spacial score (nSPS) is 15.1. The Morgan fingerprint density at radius 2 is 1.33 bits per heavy atom. The molecule has 2 nitrogen and oxygen atoms in total. The second-order valence-corrected chi connectivity index (χ2v) is 5.75. The Kier molecular flexibility index (Phi) is 12.1. The van der Waals surface area contributed by atoms with Gasteiger partial charge in [0.2, 0.25) is 6.17 Å². The van der Waals surface area contributed by atoms with Crippen LogP contribution in [0, 0.1) is 0 Å². The third-order valence-corrected chi connectivity index (χ3v) is 3.62. The van der Waals surface area contributed by atoms with Gasteiger partial charge in [0.25, 0.3) is 0 Å². The van der Waals surface area contributed by atoms with Crippen LogP contribution in [0.3, 0.4) is 0 Å². The van der Waals surface area contributed by atoms with E-state index < -0.39 is 18.4 Å². The van der Waals surface area contributed by atoms with E-state index in [9.17, 15) is 13.2 Å². The molecule has 0 fully saturated rings. The lowest BCUT2D eigenvalue weighted by atomic mass is 10.1. The number of aliphatic hydroxyl groups is 1. The summed E-state index contributed by atoms with van der Waals surface area (Å²) in [5, 5.41) is 8.25. The van der Waals surface area contributed by atoms with E-state index in [1.165, 1.54) is 51.9 Å². The highest BCUT2D eigenvalue weighted by molar-refractivity contribution is 4.72. The molecule has 0 aromatic heterocycles. The second-order valence-electron chi connectivity index (χ2n) is 5.75. The van der Waals surface area contributed by atoms with Gasteiger partial charge in [-0.15, -0.1) is 0 Å². The topological polar surface area (TPSA) is 29.5 Å². The Morgan fingerprint density at radius 1 is 0.905 bits per heavy atom. The van der Waals surface area contributed by atoms with E-state index in [0.29, 0.717) is 0 Å². The van der Waals surface area contributed by atoms with Crippen LogP contribution in [-0.4, -0.2) is 30.1 Å². The molecule has 0 rings (SSSR count). The summed E-state index contributed by atoms with van der Waals surface area (Å²) >= 11 is 0. The summed E-state index contributed by atoms with van der Waals surface area (Å²) in [6.07, 6.45) is 3.44. The van der Waals surface area contributed by atoms with E-state index in [0.717, 1.165) is 19.3 Å². The Morgan fingerprint density at radius 3 is 1.76 bits per heavy atom. The fraction of sp³-hybridized carbons (Fsp3) is 1.00. The van der Waals surface area contributed by atoms with E-state index in [1.807, 2.05) is 0 Å². The van der Waals surface area contributed by atoms with Gasteiger partial charge in [-0.05, 0) is 13.3 Å². The van der Waals surface area contributed by atoms with Crippen LogP contribution in [0.1, 0.15) is 78.1 Å². The summed E-state index contributed by atoms with van der Waals surface area (Å²) in [7, 11) is 0. The van der Waals surface area contributed by atoms with E-state index >= 15 is 0 Å². The number of unbranched alkanes of at least 4 members (excludes halogenated alkanes) is 9. The van der Waals surface area contributed by atoms with Crippen LogP contribution in [-0.2, 0) is 4.74 Å². The lowest BCUT2D eigenvalue weighted by molar-refractivity contribution is -0.260. The molecular weight excluding hydrogens is 281 g/mol. The number of alkyl halides is 3. The minimum absolute atomic E-state index is 0.258. The van der Waals surface area contributed by atoms with Crippen LogP contribution < -0.4 is 0 Å². The molecule has 2 atom stereocenters. The highest BCUT2D eigenvalue weighted by Gasteiger charge is 2.41. The maximum atomic E-state index is 13.0. The van der Waals surface area contributed by atoms with Crippen molar-refractivity contribution in [3.8, 4) is 0 Å². The van der Waals surface area contributed by atoms with E-state index in [1.54, 1.807) is 0 Å². The predicted octanol–water partition coefficient (Wildman–Crippen LogP) is 5.24. The quantitative estimate of drug-likeness (QED) is 0.445. The predicted molar refractivity (Wildman–Crippen MR) is 79.3 cm³/mol. The van der Waals surface area contributed by atoms with Gasteiger partial charge in [-0.3, -0.25) is 0 Å². The maximum absolute atomic E-state index is 13.0. The molecule has 0 amide bonds. The van der Waals surface area contributed by atoms with Crippen molar-refractivity contribution in [1.82, 2.24) is 0 Å². The molecule has 0 aliphatic carbocycles. The Labute approximate surface area is 127 Å². The van der Waals surface area contributed by atoms with E-state index in [-0.39, 0.29) is 6.61 Å². The molecule has 0 aromatic carbocycles. The van der Waals surface area contributed by atoms with Crippen molar-refractivity contribution in [3.63, 3.8) is 0 Å². The van der Waals surface area contributed by atoms with E-state index in [2.05, 4.69) is 6.92 Å². The highest BCUT2D eigenvalue weighted by Crippen LogP contribution is 2.22. The molecule has 0 radical (unpaired) electrons. The van der Waals surface area contributed by atoms with Gasteiger partial charge in [-0.2, -0.15) is 8.78 Å². The lowest BCUT2D eigenvalue weighted by Gasteiger charge is -2.21. The van der Waals surface area contributed by atoms with Crippen LogP contribution >= 0.6 is 0 Å². The zero-order valence-electron chi connectivity index (χ0n) is 13.4. The monoisotopic (exact) mass is 312 g/mol. The van der Waals surface area contributed by atoms with Gasteiger partial charge in [0.05, 0.1) is 6.10 Å². The van der Waals surface area contributed by atoms with Crippen LogP contribution in [0.25, 0.3) is 0 Å². The first kappa shape index (κ1) is 20.7. The molecule has 0 saturated carbocycles. The average molecular weight is 312 g/mol. The zero-order valence-corrected chi connectivity index (χ0v) is 13.4. The van der Waals surface area contributed by atoms with Crippen LogP contribution in [0.15, 0.2) is 0 Å². The van der Waals surface area contributed by atoms with Gasteiger partial charge in [-0.1, -0.05) is 64.7 Å². The molecule has 128 valence electrons. The minimum atomic E-state index is -4.32. The van der Waals surface area contributed by atoms with Crippen molar-refractivity contribution in [1.29, 1.82) is 0 Å². The standard InChI is InChI=1S/C16H31F3O2/c1-3-4-5-6-7-8-9-10-11-12-13-21-14(2)15(17)16(18,19)20/h14-15,20H,3-13H2,1-2H3. The van der Waals surface area contributed by atoms with Crippen molar-refractivity contribution >= 4 is 0 Å². The summed E-state index contributed by atoms with van der Waals surface area (Å²) < 4.78 is 42.6. The van der Waals surface area contributed by atoms with Gasteiger partial charge < -0.3 is 9.84 Å². The third kappa shape index (κ3) is 12.0. The van der Waals surface area contributed by atoms with Crippen molar-refractivity contribution in [3.05, 3.63) is 0 Å². The van der Waals surface area contributed by atoms with Gasteiger partial charge in [-0.25, -0.2) is 4.39 Å². The van der Waals surface area contributed by atoms with Crippen molar-refractivity contribution in [2.75, 3.05) is 6.61 Å². The molecule has 0 spiro atoms. The summed E-state index contributed by atoms with van der Waals surface area (Å²) in [5.74, 6) is 0. The fourth-order valence-corrected chi connectivity index (χ4v) is 2.23. The molecule has 0 bridgehead atoms. The van der Waals surface area contributed by atoms with Crippen LogP contribution in [0.5, 0.6) is 0 Å². The van der Waals surface area contributed by atoms with Crippen LogP contribution in [0.2, 0.25) is 0 Å². The molecule has 5 heteroatoms. The SMILES string of the molecule is CCCCCCCCCCCCOC(C)C(F)C(O)(F)F. The smallest absolute Gasteiger partial charge is 0.375 e. The van der Waals surface area contributed by atoms with Gasteiger partial charge >= 0.3 is 6.11 Å². The summed E-state index contributed by atoms with van der Waals surface area (Å²) in [4.78, 5) is 0. The second kappa shape index (κ2) is 12.3. The molecular formula is C16H31F3O2. The van der Waals surface area contributed by atoms with Gasteiger partial charge in [0.15, 0.2) is 0 Å². The summed E-state index contributed by atoms with van der Waals surface area (Å²) in [6, 6.07) is 0. The number of ether oxygens (including phenoxy) is 1. The highest BCUT2D eigenvalue weighted by atomic mass is 19.3. The molecule has 0 aliphatic rings. The van der Waals surface area contributed by atoms with Crippen molar-refractivity contribution in [2.24, 2.45) is 0 Å². The molecule has 21 heavy (non-hydrogen) atoms. The first-order valence-corrected chi connectivity index (χ1v) is 8.25. The number of hydrogen-bond donors (Lipinski definition) is 1. The Hall–Kier alpha value is -0.290. The number of hydrogen-bond acceptors (Lipinski definition) is 2. The Bertz CT molecular complexity index is 232. The largest absolute Gasteiger partial charge is 0.387 e. The molecule has 0 saturated heterocycles. The molecule has 0 heterocycles. The molecule has 0 aromatic rings. The Balaban J connectivity index is 3.33. The summed E-state index contributed by atoms with van der Waals surface area (Å²) in [6.45, 7) is 3.68.